The Morgan fingerprint density at radius 3 is 2.46 bits per heavy atom. The van der Waals surface area contributed by atoms with Gasteiger partial charge in [0.1, 0.15) is 0 Å². The number of hydrogen-bond donors (Lipinski definition) is 1. The van der Waals surface area contributed by atoms with E-state index in [0.29, 0.717) is 50.0 Å². The summed E-state index contributed by atoms with van der Waals surface area (Å²) >= 11 is 0. The molecule has 9 nitrogen and oxygen atoms in total. The summed E-state index contributed by atoms with van der Waals surface area (Å²) in [5.74, 6) is 0.956. The molecule has 1 aliphatic carbocycles. The third-order valence-electron chi connectivity index (χ3n) is 6.45. The quantitative estimate of drug-likeness (QED) is 0.537. The molecule has 10 heteroatoms. The molecule has 0 atom stereocenters. The maximum absolute atomic E-state index is 13.2. The Morgan fingerprint density at radius 1 is 1.06 bits per heavy atom. The molecule has 0 bridgehead atoms. The van der Waals surface area contributed by atoms with Crippen LogP contribution in [0.3, 0.4) is 0 Å². The zero-order chi connectivity index (χ0) is 24.6. The molecule has 184 valence electrons. The van der Waals surface area contributed by atoms with Crippen LogP contribution in [0.2, 0.25) is 0 Å². The summed E-state index contributed by atoms with van der Waals surface area (Å²) < 4.78 is 33.3. The minimum atomic E-state index is -3.62. The first kappa shape index (κ1) is 23.7. The van der Waals surface area contributed by atoms with Crippen molar-refractivity contribution in [2.75, 3.05) is 26.2 Å². The summed E-state index contributed by atoms with van der Waals surface area (Å²) in [6.07, 6.45) is 1.72. The summed E-state index contributed by atoms with van der Waals surface area (Å²) in [4.78, 5) is 21.8. The molecule has 0 spiro atoms. The summed E-state index contributed by atoms with van der Waals surface area (Å²) in [6.45, 7) is 6.77. The van der Waals surface area contributed by atoms with Crippen LogP contribution in [0.15, 0.2) is 51.9 Å². The molecule has 2 aromatic carbocycles. The van der Waals surface area contributed by atoms with Gasteiger partial charge in [0.15, 0.2) is 0 Å². The van der Waals surface area contributed by atoms with Crippen molar-refractivity contribution in [2.45, 2.75) is 44.2 Å². The molecular formula is C25H29N5O4S. The van der Waals surface area contributed by atoms with Gasteiger partial charge in [-0.3, -0.25) is 9.69 Å². The molecule has 1 aromatic heterocycles. The fourth-order valence-electron chi connectivity index (χ4n) is 4.10. The average molecular weight is 496 g/mol. The third kappa shape index (κ3) is 5.44. The zero-order valence-electron chi connectivity index (χ0n) is 19.9. The number of nitrogens with one attached hydrogen (secondary N) is 1. The second-order valence-electron chi connectivity index (χ2n) is 9.32. The number of amides is 1. The summed E-state index contributed by atoms with van der Waals surface area (Å²) in [7, 11) is -3.62. The highest BCUT2D eigenvalue weighted by atomic mass is 32.2. The molecule has 2 aliphatic rings. The lowest BCUT2D eigenvalue weighted by molar-refractivity contribution is 0.0614. The molecule has 1 amide bonds. The number of aromatic nitrogens is 2. The van der Waals surface area contributed by atoms with Crippen LogP contribution in [0.4, 0.5) is 0 Å². The maximum Gasteiger partial charge on any atom is 0.254 e. The third-order valence-corrected chi connectivity index (χ3v) is 7.96. The fraction of sp³-hybridized carbons (Fsp3) is 0.400. The minimum absolute atomic E-state index is 0.0142. The van der Waals surface area contributed by atoms with E-state index in [2.05, 4.69) is 19.8 Å². The van der Waals surface area contributed by atoms with Gasteiger partial charge in [-0.25, -0.2) is 13.1 Å². The van der Waals surface area contributed by atoms with Crippen LogP contribution in [-0.2, 0) is 16.6 Å². The molecular weight excluding hydrogens is 466 g/mol. The smallest absolute Gasteiger partial charge is 0.254 e. The van der Waals surface area contributed by atoms with Crippen molar-refractivity contribution in [3.8, 4) is 11.4 Å². The van der Waals surface area contributed by atoms with E-state index in [4.69, 9.17) is 4.52 Å². The Kier molecular flexibility index (Phi) is 6.43. The van der Waals surface area contributed by atoms with Gasteiger partial charge >= 0.3 is 0 Å². The molecule has 5 rings (SSSR count). The number of carbonyl (C=O) groups is 1. The largest absolute Gasteiger partial charge is 0.338 e. The highest BCUT2D eigenvalue weighted by Crippen LogP contribution is 2.24. The number of sulfonamides is 1. The van der Waals surface area contributed by atoms with E-state index >= 15 is 0 Å². The number of nitrogens with zero attached hydrogens (tertiary/aromatic N) is 4. The second-order valence-corrected chi connectivity index (χ2v) is 11.0. The van der Waals surface area contributed by atoms with Crippen molar-refractivity contribution in [1.29, 1.82) is 0 Å². The van der Waals surface area contributed by atoms with Crippen LogP contribution in [-0.4, -0.2) is 66.5 Å². The van der Waals surface area contributed by atoms with Gasteiger partial charge < -0.3 is 9.42 Å². The number of aryl methyl sites for hydroxylation is 2. The van der Waals surface area contributed by atoms with E-state index in [0.717, 1.165) is 24.0 Å². The molecule has 2 fully saturated rings. The van der Waals surface area contributed by atoms with E-state index in [9.17, 15) is 13.2 Å². The first-order valence-electron chi connectivity index (χ1n) is 11.8. The van der Waals surface area contributed by atoms with Crippen molar-refractivity contribution in [2.24, 2.45) is 0 Å². The van der Waals surface area contributed by atoms with Crippen LogP contribution in [0.25, 0.3) is 11.4 Å². The van der Waals surface area contributed by atoms with Crippen molar-refractivity contribution < 1.29 is 17.7 Å². The van der Waals surface area contributed by atoms with Crippen LogP contribution < -0.4 is 4.72 Å². The average Bonchev–Trinajstić information content (AvgIpc) is 3.53. The molecule has 0 radical (unpaired) electrons. The van der Waals surface area contributed by atoms with E-state index in [-0.39, 0.29) is 16.8 Å². The van der Waals surface area contributed by atoms with Crippen LogP contribution in [0.5, 0.6) is 0 Å². The molecule has 1 saturated carbocycles. The van der Waals surface area contributed by atoms with Gasteiger partial charge in [-0.15, -0.1) is 0 Å². The second kappa shape index (κ2) is 9.52. The van der Waals surface area contributed by atoms with Crippen LogP contribution in [0, 0.1) is 13.8 Å². The first-order chi connectivity index (χ1) is 16.8. The highest BCUT2D eigenvalue weighted by molar-refractivity contribution is 7.89. The van der Waals surface area contributed by atoms with E-state index in [1.54, 1.807) is 17.0 Å². The van der Waals surface area contributed by atoms with Crippen molar-refractivity contribution in [3.05, 3.63) is 65.0 Å². The van der Waals surface area contributed by atoms with E-state index in [1.165, 1.54) is 11.6 Å². The van der Waals surface area contributed by atoms with Crippen LogP contribution in [0.1, 0.15) is 40.2 Å². The lowest BCUT2D eigenvalue weighted by atomic mass is 10.1. The molecule has 2 heterocycles. The van der Waals surface area contributed by atoms with Gasteiger partial charge in [-0.2, -0.15) is 4.98 Å². The standard InChI is InChI=1S/C25H29N5O4S/c1-17-3-6-19(7-4-17)24-26-23(34-27-24)16-29-11-13-30(14-12-29)25(31)22-15-21(10-5-18(22)2)35(32,33)28-20-8-9-20/h3-7,10,15,20,28H,8-9,11-14,16H2,1-2H3. The summed E-state index contributed by atoms with van der Waals surface area (Å²) in [6, 6.07) is 12.7. The van der Waals surface area contributed by atoms with E-state index < -0.39 is 10.0 Å². The van der Waals surface area contributed by atoms with Gasteiger partial charge in [0, 0.05) is 43.3 Å². The number of hydrogen-bond acceptors (Lipinski definition) is 7. The monoisotopic (exact) mass is 495 g/mol. The number of rotatable bonds is 7. The first-order valence-corrected chi connectivity index (χ1v) is 13.3. The van der Waals surface area contributed by atoms with Crippen molar-refractivity contribution >= 4 is 15.9 Å². The van der Waals surface area contributed by atoms with Gasteiger partial charge in [-0.05, 0) is 44.4 Å². The Balaban J connectivity index is 1.20. The minimum Gasteiger partial charge on any atom is -0.338 e. The van der Waals surface area contributed by atoms with Gasteiger partial charge in [-0.1, -0.05) is 41.1 Å². The van der Waals surface area contributed by atoms with Gasteiger partial charge in [0.2, 0.25) is 21.7 Å². The Hall–Kier alpha value is -3.08. The van der Waals surface area contributed by atoms with E-state index in [1.807, 2.05) is 38.1 Å². The summed E-state index contributed by atoms with van der Waals surface area (Å²) in [5, 5.41) is 4.09. The molecule has 3 aromatic rings. The Bertz CT molecular complexity index is 1320. The normalized spacial score (nSPS) is 17.0. The highest BCUT2D eigenvalue weighted by Gasteiger charge is 2.30. The zero-order valence-corrected chi connectivity index (χ0v) is 20.7. The van der Waals surface area contributed by atoms with Gasteiger partial charge in [0.05, 0.1) is 11.4 Å². The topological polar surface area (TPSA) is 109 Å². The molecule has 1 N–H and O–H groups in total. The number of piperazine rings is 1. The maximum atomic E-state index is 13.2. The Morgan fingerprint density at radius 2 is 1.77 bits per heavy atom. The molecule has 1 aliphatic heterocycles. The molecule has 1 saturated heterocycles. The molecule has 35 heavy (non-hydrogen) atoms. The van der Waals surface area contributed by atoms with Crippen molar-refractivity contribution in [1.82, 2.24) is 24.7 Å². The number of benzene rings is 2. The number of carbonyl (C=O) groups excluding carboxylic acids is 1. The van der Waals surface area contributed by atoms with Crippen LogP contribution >= 0.6 is 0 Å². The SMILES string of the molecule is Cc1ccc(-c2noc(CN3CCN(C(=O)c4cc(S(=O)(=O)NC5CC5)ccc4C)CC3)n2)cc1. The predicted octanol–water partition coefficient (Wildman–Crippen LogP) is 2.75. The predicted molar refractivity (Wildman–Crippen MR) is 130 cm³/mol. The summed E-state index contributed by atoms with van der Waals surface area (Å²) in [5.41, 5.74) is 3.27. The fourth-order valence-corrected chi connectivity index (χ4v) is 5.43. The van der Waals surface area contributed by atoms with Crippen molar-refractivity contribution in [3.63, 3.8) is 0 Å². The molecule has 0 unspecified atom stereocenters. The Labute approximate surface area is 205 Å². The van der Waals surface area contributed by atoms with Gasteiger partial charge in [0.25, 0.3) is 5.91 Å². The lowest BCUT2D eigenvalue weighted by Gasteiger charge is -2.34. The lowest BCUT2D eigenvalue weighted by Crippen LogP contribution is -2.48.